The number of hydrogen-bond acceptors (Lipinski definition) is 4. The predicted molar refractivity (Wildman–Crippen MR) is 78.5 cm³/mol. The van der Waals surface area contributed by atoms with Crippen molar-refractivity contribution in [2.75, 3.05) is 18.1 Å². The van der Waals surface area contributed by atoms with Crippen LogP contribution in [-0.4, -0.2) is 39.7 Å². The molecule has 2 aliphatic rings. The normalized spacial score (nSPS) is 31.7. The average Bonchev–Trinajstić information content (AvgIpc) is 3.07. The second kappa shape index (κ2) is 6.29. The van der Waals surface area contributed by atoms with Gasteiger partial charge < -0.3 is 14.6 Å². The van der Waals surface area contributed by atoms with Crippen LogP contribution in [0.3, 0.4) is 0 Å². The quantitative estimate of drug-likeness (QED) is 0.918. The lowest BCUT2D eigenvalue weighted by atomic mass is 10.1. The molecule has 0 amide bonds. The maximum absolute atomic E-state index is 5.94. The van der Waals surface area contributed by atoms with Crippen molar-refractivity contribution in [1.29, 1.82) is 0 Å². The molecular weight excluding hydrogens is 258 g/mol. The fraction of sp³-hybridized carbons (Fsp3) is 0.786. The van der Waals surface area contributed by atoms with Crippen molar-refractivity contribution in [3.8, 4) is 0 Å². The fourth-order valence-electron chi connectivity index (χ4n) is 3.03. The van der Waals surface area contributed by atoms with Gasteiger partial charge in [-0.2, -0.15) is 11.8 Å². The molecule has 0 spiro atoms. The Bertz CT molecular complexity index is 403. The summed E-state index contributed by atoms with van der Waals surface area (Å²) < 4.78 is 8.14. The monoisotopic (exact) mass is 281 g/mol. The Morgan fingerprint density at radius 1 is 1.53 bits per heavy atom. The third kappa shape index (κ3) is 2.98. The molecule has 4 nitrogen and oxygen atoms in total. The van der Waals surface area contributed by atoms with Gasteiger partial charge in [0.05, 0.1) is 0 Å². The summed E-state index contributed by atoms with van der Waals surface area (Å²) in [6, 6.07) is 1.08. The van der Waals surface area contributed by atoms with Crippen molar-refractivity contribution in [2.45, 2.75) is 50.9 Å². The largest absolute Gasteiger partial charge is 0.369 e. The van der Waals surface area contributed by atoms with Crippen LogP contribution in [0, 0.1) is 0 Å². The maximum atomic E-state index is 5.94. The van der Waals surface area contributed by atoms with E-state index in [9.17, 15) is 0 Å². The first-order valence-corrected chi connectivity index (χ1v) is 8.50. The summed E-state index contributed by atoms with van der Waals surface area (Å²) in [5, 5.41) is 3.81. The molecule has 0 aliphatic carbocycles. The molecule has 1 aromatic heterocycles. The van der Waals surface area contributed by atoms with Gasteiger partial charge in [-0.1, -0.05) is 0 Å². The number of nitrogens with zero attached hydrogens (tertiary/aromatic N) is 2. The first-order valence-electron chi connectivity index (χ1n) is 7.35. The first kappa shape index (κ1) is 13.5. The summed E-state index contributed by atoms with van der Waals surface area (Å²) >= 11 is 2.07. The molecule has 1 aromatic rings. The van der Waals surface area contributed by atoms with Crippen LogP contribution in [0.25, 0.3) is 0 Å². The van der Waals surface area contributed by atoms with E-state index in [0.29, 0.717) is 12.1 Å². The van der Waals surface area contributed by atoms with Gasteiger partial charge in [0.1, 0.15) is 11.9 Å². The molecule has 2 saturated heterocycles. The van der Waals surface area contributed by atoms with E-state index in [0.717, 1.165) is 25.4 Å². The molecule has 106 valence electrons. The fourth-order valence-corrected chi connectivity index (χ4v) is 4.12. The third-order valence-corrected chi connectivity index (χ3v) is 5.26. The van der Waals surface area contributed by atoms with Crippen LogP contribution in [0.5, 0.6) is 0 Å². The molecule has 3 atom stereocenters. The highest BCUT2D eigenvalue weighted by Crippen LogP contribution is 2.29. The first-order chi connectivity index (χ1) is 9.38. The van der Waals surface area contributed by atoms with Crippen molar-refractivity contribution in [3.63, 3.8) is 0 Å². The van der Waals surface area contributed by atoms with Gasteiger partial charge >= 0.3 is 0 Å². The van der Waals surface area contributed by atoms with E-state index in [-0.39, 0.29) is 6.10 Å². The molecule has 0 bridgehead atoms. The number of aryl methyl sites for hydroxylation is 1. The lowest BCUT2D eigenvalue weighted by Crippen LogP contribution is -2.43. The SMILES string of the molecule is CCn1ccnc1[C@H]1OCC[C@@H]1NC1CCCSC1. The van der Waals surface area contributed by atoms with E-state index < -0.39 is 0 Å². The minimum absolute atomic E-state index is 0.127. The van der Waals surface area contributed by atoms with Gasteiger partial charge in [0.25, 0.3) is 0 Å². The molecule has 2 fully saturated rings. The van der Waals surface area contributed by atoms with E-state index in [1.54, 1.807) is 0 Å². The van der Waals surface area contributed by atoms with Gasteiger partial charge in [-0.05, 0) is 31.9 Å². The zero-order valence-corrected chi connectivity index (χ0v) is 12.4. The van der Waals surface area contributed by atoms with Crippen LogP contribution in [0.1, 0.15) is 38.1 Å². The summed E-state index contributed by atoms with van der Waals surface area (Å²) in [5.74, 6) is 3.65. The summed E-state index contributed by atoms with van der Waals surface area (Å²) in [7, 11) is 0. The standard InChI is InChI=1S/C14H23N3OS/c1-2-17-7-6-15-14(17)13-12(5-8-18-13)16-11-4-3-9-19-10-11/h6-7,11-13,16H,2-5,8-10H2,1H3/t11?,12-,13-/m0/s1. The Morgan fingerprint density at radius 3 is 3.26 bits per heavy atom. The van der Waals surface area contributed by atoms with Gasteiger partial charge in [0.15, 0.2) is 0 Å². The number of nitrogens with one attached hydrogen (secondary N) is 1. The Balaban J connectivity index is 1.67. The Labute approximate surface area is 119 Å². The molecule has 0 saturated carbocycles. The molecule has 3 heterocycles. The molecule has 19 heavy (non-hydrogen) atoms. The molecular formula is C14H23N3OS. The molecule has 3 rings (SSSR count). The number of imidazole rings is 1. The zero-order valence-electron chi connectivity index (χ0n) is 11.5. The summed E-state index contributed by atoms with van der Waals surface area (Å²) in [6.45, 7) is 3.96. The van der Waals surface area contributed by atoms with E-state index in [1.807, 2.05) is 12.4 Å². The summed E-state index contributed by atoms with van der Waals surface area (Å²) in [5.41, 5.74) is 0. The van der Waals surface area contributed by atoms with Gasteiger partial charge in [0, 0.05) is 43.4 Å². The van der Waals surface area contributed by atoms with Crippen LogP contribution in [0.2, 0.25) is 0 Å². The van der Waals surface area contributed by atoms with Crippen LogP contribution in [0.15, 0.2) is 12.4 Å². The van der Waals surface area contributed by atoms with Crippen molar-refractivity contribution in [1.82, 2.24) is 14.9 Å². The van der Waals surface area contributed by atoms with Crippen LogP contribution >= 0.6 is 11.8 Å². The Kier molecular flexibility index (Phi) is 4.45. The summed E-state index contributed by atoms with van der Waals surface area (Å²) in [4.78, 5) is 4.51. The molecule has 1 N–H and O–H groups in total. The van der Waals surface area contributed by atoms with E-state index in [4.69, 9.17) is 4.74 Å². The van der Waals surface area contributed by atoms with Crippen LogP contribution < -0.4 is 5.32 Å². The number of thioether (sulfide) groups is 1. The minimum atomic E-state index is 0.127. The maximum Gasteiger partial charge on any atom is 0.139 e. The highest BCUT2D eigenvalue weighted by atomic mass is 32.2. The highest BCUT2D eigenvalue weighted by Gasteiger charge is 2.34. The number of hydrogen-bond donors (Lipinski definition) is 1. The second-order valence-corrected chi connectivity index (χ2v) is 6.49. The lowest BCUT2D eigenvalue weighted by Gasteiger charge is -2.28. The molecule has 5 heteroatoms. The van der Waals surface area contributed by atoms with E-state index >= 15 is 0 Å². The van der Waals surface area contributed by atoms with Crippen molar-refractivity contribution >= 4 is 11.8 Å². The van der Waals surface area contributed by atoms with Gasteiger partial charge in [-0.15, -0.1) is 0 Å². The zero-order chi connectivity index (χ0) is 13.1. The van der Waals surface area contributed by atoms with Gasteiger partial charge in [-0.25, -0.2) is 4.98 Å². The predicted octanol–water partition coefficient (Wildman–Crippen LogP) is 2.22. The molecule has 2 aliphatic heterocycles. The van der Waals surface area contributed by atoms with Crippen molar-refractivity contribution in [3.05, 3.63) is 18.2 Å². The third-order valence-electron chi connectivity index (χ3n) is 4.04. The van der Waals surface area contributed by atoms with Crippen molar-refractivity contribution in [2.24, 2.45) is 0 Å². The number of aromatic nitrogens is 2. The average molecular weight is 281 g/mol. The highest BCUT2D eigenvalue weighted by molar-refractivity contribution is 7.99. The molecule has 1 unspecified atom stereocenters. The van der Waals surface area contributed by atoms with E-state index in [1.165, 1.54) is 24.3 Å². The molecule has 0 aromatic carbocycles. The molecule has 0 radical (unpaired) electrons. The van der Waals surface area contributed by atoms with Crippen molar-refractivity contribution < 1.29 is 4.74 Å². The van der Waals surface area contributed by atoms with Crippen LogP contribution in [-0.2, 0) is 11.3 Å². The van der Waals surface area contributed by atoms with Gasteiger partial charge in [-0.3, -0.25) is 0 Å². The number of ether oxygens (including phenoxy) is 1. The Hall–Kier alpha value is -0.520. The topological polar surface area (TPSA) is 39.1 Å². The van der Waals surface area contributed by atoms with Crippen LogP contribution in [0.4, 0.5) is 0 Å². The van der Waals surface area contributed by atoms with E-state index in [2.05, 4.69) is 33.6 Å². The minimum Gasteiger partial charge on any atom is -0.369 e. The lowest BCUT2D eigenvalue weighted by molar-refractivity contribution is 0.0867. The Morgan fingerprint density at radius 2 is 2.47 bits per heavy atom. The second-order valence-electron chi connectivity index (χ2n) is 5.34. The van der Waals surface area contributed by atoms with Gasteiger partial charge in [0.2, 0.25) is 0 Å². The summed E-state index contributed by atoms with van der Waals surface area (Å²) in [6.07, 6.45) is 7.80. The number of rotatable bonds is 4. The smallest absolute Gasteiger partial charge is 0.139 e.